The molecule has 3 aromatic rings. The summed E-state index contributed by atoms with van der Waals surface area (Å²) in [4.78, 5) is 14.7. The molecule has 6 heteroatoms. The van der Waals surface area contributed by atoms with E-state index in [2.05, 4.69) is 53.5 Å². The van der Waals surface area contributed by atoms with Crippen LogP contribution in [0, 0.1) is 12.3 Å². The minimum atomic E-state index is 0. The summed E-state index contributed by atoms with van der Waals surface area (Å²) in [6.07, 6.45) is 13.6. The molecule has 6 nitrogen and oxygen atoms in total. The molecule has 4 rings (SSSR count). The number of anilines is 1. The number of fused-ring (bicyclic) bond motifs is 1. The van der Waals surface area contributed by atoms with Crippen LogP contribution < -0.4 is 5.73 Å². The average molecular weight is 421 g/mol. The van der Waals surface area contributed by atoms with Crippen LogP contribution in [-0.4, -0.2) is 38.3 Å². The SMILES string of the molecule is C.C/C=C(/c1ccc2nccn2c1)c1cnc(N)nc1C.C=C(N(C)C)C1(C)CCC1. The molecule has 0 spiro atoms. The number of imidazole rings is 1. The maximum absolute atomic E-state index is 5.61. The molecular weight excluding hydrogens is 384 g/mol. The predicted octanol–water partition coefficient (Wildman–Crippen LogP) is 5.35. The van der Waals surface area contributed by atoms with E-state index in [1.807, 2.05) is 42.8 Å². The van der Waals surface area contributed by atoms with Crippen molar-refractivity contribution >= 4 is 17.2 Å². The van der Waals surface area contributed by atoms with E-state index in [-0.39, 0.29) is 7.43 Å². The van der Waals surface area contributed by atoms with E-state index in [9.17, 15) is 0 Å². The van der Waals surface area contributed by atoms with Crippen LogP contribution in [0.25, 0.3) is 11.2 Å². The Labute approximate surface area is 186 Å². The number of hydrogen-bond acceptors (Lipinski definition) is 5. The molecule has 1 fully saturated rings. The van der Waals surface area contributed by atoms with Gasteiger partial charge in [-0.25, -0.2) is 15.0 Å². The Hall–Kier alpha value is -3.15. The Kier molecular flexibility index (Phi) is 7.60. The highest BCUT2D eigenvalue weighted by molar-refractivity contribution is 5.80. The maximum atomic E-state index is 5.61. The topological polar surface area (TPSA) is 72.3 Å². The van der Waals surface area contributed by atoms with Crippen molar-refractivity contribution in [3.05, 3.63) is 72.1 Å². The highest BCUT2D eigenvalue weighted by atomic mass is 15.1. The van der Waals surface area contributed by atoms with Gasteiger partial charge in [0.15, 0.2) is 0 Å². The number of aryl methyl sites for hydroxylation is 1. The second-order valence-electron chi connectivity index (χ2n) is 8.30. The third kappa shape index (κ3) is 5.13. The van der Waals surface area contributed by atoms with Crippen LogP contribution in [0.2, 0.25) is 0 Å². The number of nitrogens with zero attached hydrogens (tertiary/aromatic N) is 5. The Balaban J connectivity index is 0.000000264. The molecule has 1 aliphatic carbocycles. The van der Waals surface area contributed by atoms with Gasteiger partial charge < -0.3 is 15.0 Å². The summed E-state index contributed by atoms with van der Waals surface area (Å²) in [5, 5.41) is 0. The van der Waals surface area contributed by atoms with Crippen molar-refractivity contribution < 1.29 is 0 Å². The van der Waals surface area contributed by atoms with Crippen molar-refractivity contribution in [2.24, 2.45) is 5.41 Å². The highest BCUT2D eigenvalue weighted by Gasteiger charge is 2.35. The largest absolute Gasteiger partial charge is 0.381 e. The summed E-state index contributed by atoms with van der Waals surface area (Å²) < 4.78 is 1.99. The lowest BCUT2D eigenvalue weighted by Gasteiger charge is -2.42. The predicted molar refractivity (Wildman–Crippen MR) is 131 cm³/mol. The van der Waals surface area contributed by atoms with Crippen LogP contribution in [0.1, 0.15) is 57.4 Å². The number of aromatic nitrogens is 4. The van der Waals surface area contributed by atoms with Crippen molar-refractivity contribution in [2.45, 2.75) is 47.5 Å². The number of pyridine rings is 1. The first-order valence-electron chi connectivity index (χ1n) is 10.3. The van der Waals surface area contributed by atoms with Crippen LogP contribution in [0.4, 0.5) is 5.95 Å². The van der Waals surface area contributed by atoms with Gasteiger partial charge in [-0.1, -0.05) is 33.4 Å². The standard InChI is InChI=1S/C15H15N5.C9H17N.CH4/c1-3-12(13-8-18-15(16)19-10(13)2)11-4-5-14-17-6-7-20(14)9-11;1-8(10(3)4)9(2)6-5-7-9;/h3-9H,1-2H3,(H2,16,18,19);1,5-7H2,2-4H3;1H4/b12-3-;;. The van der Waals surface area contributed by atoms with Gasteiger partial charge in [0.05, 0.1) is 5.69 Å². The monoisotopic (exact) mass is 420 g/mol. The summed E-state index contributed by atoms with van der Waals surface area (Å²) in [5.74, 6) is 0.298. The van der Waals surface area contributed by atoms with Crippen LogP contribution in [0.15, 0.2) is 55.3 Å². The molecule has 0 atom stereocenters. The Morgan fingerprint density at radius 2 is 1.97 bits per heavy atom. The van der Waals surface area contributed by atoms with Gasteiger partial charge in [0.25, 0.3) is 0 Å². The van der Waals surface area contributed by atoms with Gasteiger partial charge in [0, 0.05) is 55.6 Å². The Bertz CT molecular complexity index is 1070. The first kappa shape index (κ1) is 24.1. The van der Waals surface area contributed by atoms with Crippen molar-refractivity contribution in [2.75, 3.05) is 19.8 Å². The first-order valence-corrected chi connectivity index (χ1v) is 10.3. The normalized spacial score (nSPS) is 14.7. The summed E-state index contributed by atoms with van der Waals surface area (Å²) in [6.45, 7) is 10.3. The molecule has 0 aromatic carbocycles. The zero-order valence-electron chi connectivity index (χ0n) is 18.7. The van der Waals surface area contributed by atoms with Gasteiger partial charge >= 0.3 is 0 Å². The second kappa shape index (κ2) is 9.77. The van der Waals surface area contributed by atoms with Gasteiger partial charge in [-0.3, -0.25) is 0 Å². The van der Waals surface area contributed by atoms with Gasteiger partial charge in [0.2, 0.25) is 5.95 Å². The van der Waals surface area contributed by atoms with Gasteiger partial charge in [-0.15, -0.1) is 0 Å². The van der Waals surface area contributed by atoms with Gasteiger partial charge in [-0.05, 0) is 50.0 Å². The number of hydrogen-bond donors (Lipinski definition) is 1. The van der Waals surface area contributed by atoms with E-state index in [1.165, 1.54) is 25.0 Å². The van der Waals surface area contributed by atoms with E-state index in [4.69, 9.17) is 5.73 Å². The summed E-state index contributed by atoms with van der Waals surface area (Å²) in [7, 11) is 4.15. The average Bonchev–Trinajstić information content (AvgIpc) is 3.16. The van der Waals surface area contributed by atoms with E-state index in [1.54, 1.807) is 12.4 Å². The molecule has 0 bridgehead atoms. The molecule has 1 aliphatic rings. The zero-order valence-corrected chi connectivity index (χ0v) is 18.7. The first-order chi connectivity index (χ1) is 14.2. The maximum Gasteiger partial charge on any atom is 0.220 e. The van der Waals surface area contributed by atoms with E-state index in [0.29, 0.717) is 11.4 Å². The van der Waals surface area contributed by atoms with Gasteiger partial charge in [-0.2, -0.15) is 0 Å². The fourth-order valence-electron chi connectivity index (χ4n) is 3.84. The molecule has 0 saturated heterocycles. The molecule has 3 heterocycles. The van der Waals surface area contributed by atoms with E-state index >= 15 is 0 Å². The summed E-state index contributed by atoms with van der Waals surface area (Å²) >= 11 is 0. The van der Waals surface area contributed by atoms with Crippen LogP contribution >= 0.6 is 0 Å². The number of nitrogens with two attached hydrogens (primary N) is 1. The van der Waals surface area contributed by atoms with Gasteiger partial charge in [0.1, 0.15) is 5.65 Å². The van der Waals surface area contributed by atoms with Crippen molar-refractivity contribution in [3.8, 4) is 0 Å². The third-order valence-corrected chi connectivity index (χ3v) is 5.97. The molecule has 0 amide bonds. The molecule has 0 unspecified atom stereocenters. The molecule has 1 saturated carbocycles. The number of nitrogen functional groups attached to an aromatic ring is 1. The highest BCUT2D eigenvalue weighted by Crippen LogP contribution is 2.46. The fraction of sp³-hybridized carbons (Fsp3) is 0.400. The molecular formula is C25H36N6. The van der Waals surface area contributed by atoms with Crippen molar-refractivity contribution in [1.82, 2.24) is 24.3 Å². The summed E-state index contributed by atoms with van der Waals surface area (Å²) in [5.41, 5.74) is 12.3. The lowest BCUT2D eigenvalue weighted by atomic mass is 9.68. The van der Waals surface area contributed by atoms with Crippen LogP contribution in [-0.2, 0) is 0 Å². The van der Waals surface area contributed by atoms with Crippen molar-refractivity contribution in [1.29, 1.82) is 0 Å². The molecule has 31 heavy (non-hydrogen) atoms. The summed E-state index contributed by atoms with van der Waals surface area (Å²) in [6, 6.07) is 4.04. The van der Waals surface area contributed by atoms with Crippen LogP contribution in [0.3, 0.4) is 0 Å². The van der Waals surface area contributed by atoms with Crippen molar-refractivity contribution in [3.63, 3.8) is 0 Å². The van der Waals surface area contributed by atoms with E-state index < -0.39 is 0 Å². The molecule has 0 radical (unpaired) electrons. The number of rotatable bonds is 4. The Morgan fingerprint density at radius 1 is 1.26 bits per heavy atom. The zero-order chi connectivity index (χ0) is 21.9. The smallest absolute Gasteiger partial charge is 0.220 e. The number of allylic oxidation sites excluding steroid dienone is 2. The minimum absolute atomic E-state index is 0. The Morgan fingerprint density at radius 3 is 2.48 bits per heavy atom. The third-order valence-electron chi connectivity index (χ3n) is 5.97. The fourth-order valence-corrected chi connectivity index (χ4v) is 3.84. The molecule has 2 N–H and O–H groups in total. The second-order valence-corrected chi connectivity index (χ2v) is 8.30. The van der Waals surface area contributed by atoms with Crippen LogP contribution in [0.5, 0.6) is 0 Å². The lowest BCUT2D eigenvalue weighted by molar-refractivity contribution is 0.171. The molecule has 3 aromatic heterocycles. The quantitative estimate of drug-likeness (QED) is 0.615. The minimum Gasteiger partial charge on any atom is -0.381 e. The molecule has 0 aliphatic heterocycles. The molecule has 166 valence electrons. The lowest BCUT2D eigenvalue weighted by Crippen LogP contribution is -2.33. The van der Waals surface area contributed by atoms with E-state index in [0.717, 1.165) is 28.0 Å².